The van der Waals surface area contributed by atoms with E-state index in [1.165, 1.54) is 11.1 Å². The first kappa shape index (κ1) is 14.1. The number of carbonyl (C=O) groups excluding carboxylic acids is 1. The Morgan fingerprint density at radius 3 is 2.81 bits per heavy atom. The SMILES string of the molecule is O=C(NCC1Cc2ccccc2CO1)c1cccc(Cl)c1. The molecule has 1 heterocycles. The van der Waals surface area contributed by atoms with E-state index in [2.05, 4.69) is 17.4 Å². The minimum atomic E-state index is -0.125. The lowest BCUT2D eigenvalue weighted by molar-refractivity contribution is 0.0285. The Morgan fingerprint density at radius 2 is 2.00 bits per heavy atom. The van der Waals surface area contributed by atoms with Crippen molar-refractivity contribution in [3.8, 4) is 0 Å². The summed E-state index contributed by atoms with van der Waals surface area (Å²) < 4.78 is 5.77. The van der Waals surface area contributed by atoms with E-state index in [9.17, 15) is 4.79 Å². The summed E-state index contributed by atoms with van der Waals surface area (Å²) >= 11 is 5.89. The Bertz CT molecular complexity index is 657. The largest absolute Gasteiger partial charge is 0.371 e. The molecule has 0 saturated heterocycles. The zero-order chi connectivity index (χ0) is 14.7. The minimum Gasteiger partial charge on any atom is -0.371 e. The number of hydrogen-bond donors (Lipinski definition) is 1. The van der Waals surface area contributed by atoms with Crippen LogP contribution in [-0.4, -0.2) is 18.6 Å². The molecule has 4 heteroatoms. The molecule has 0 spiro atoms. The maximum atomic E-state index is 12.1. The third kappa shape index (κ3) is 3.43. The van der Waals surface area contributed by atoms with Crippen LogP contribution in [0.15, 0.2) is 48.5 Å². The maximum Gasteiger partial charge on any atom is 0.251 e. The Labute approximate surface area is 128 Å². The van der Waals surface area contributed by atoms with Crippen LogP contribution in [0.3, 0.4) is 0 Å². The summed E-state index contributed by atoms with van der Waals surface area (Å²) in [6.07, 6.45) is 0.842. The van der Waals surface area contributed by atoms with Gasteiger partial charge in [-0.15, -0.1) is 0 Å². The van der Waals surface area contributed by atoms with Crippen molar-refractivity contribution in [1.82, 2.24) is 5.32 Å². The summed E-state index contributed by atoms with van der Waals surface area (Å²) in [6.45, 7) is 1.10. The predicted molar refractivity (Wildman–Crippen MR) is 82.5 cm³/mol. The Balaban J connectivity index is 1.58. The zero-order valence-corrected chi connectivity index (χ0v) is 12.3. The maximum absolute atomic E-state index is 12.1. The van der Waals surface area contributed by atoms with Gasteiger partial charge in [0, 0.05) is 23.6 Å². The highest BCUT2D eigenvalue weighted by Gasteiger charge is 2.19. The van der Waals surface area contributed by atoms with Gasteiger partial charge < -0.3 is 10.1 Å². The Hall–Kier alpha value is -1.84. The van der Waals surface area contributed by atoms with Crippen LogP contribution in [0.25, 0.3) is 0 Å². The van der Waals surface area contributed by atoms with Gasteiger partial charge in [0.15, 0.2) is 0 Å². The lowest BCUT2D eigenvalue weighted by Crippen LogP contribution is -2.36. The fraction of sp³-hybridized carbons (Fsp3) is 0.235. The lowest BCUT2D eigenvalue weighted by Gasteiger charge is -2.25. The smallest absolute Gasteiger partial charge is 0.251 e. The number of halogens is 1. The molecule has 2 aromatic carbocycles. The summed E-state index contributed by atoms with van der Waals surface area (Å²) in [5.74, 6) is -0.125. The summed E-state index contributed by atoms with van der Waals surface area (Å²) in [7, 11) is 0. The van der Waals surface area contributed by atoms with Gasteiger partial charge >= 0.3 is 0 Å². The van der Waals surface area contributed by atoms with Gasteiger partial charge in [0.25, 0.3) is 5.91 Å². The second-order valence-corrected chi connectivity index (χ2v) is 5.56. The molecule has 0 saturated carbocycles. The van der Waals surface area contributed by atoms with Crippen LogP contribution in [0.1, 0.15) is 21.5 Å². The van der Waals surface area contributed by atoms with Gasteiger partial charge in [-0.05, 0) is 29.3 Å². The summed E-state index contributed by atoms with van der Waals surface area (Å²) in [4.78, 5) is 12.1. The second kappa shape index (κ2) is 6.29. The van der Waals surface area contributed by atoms with Crippen molar-refractivity contribution in [1.29, 1.82) is 0 Å². The molecule has 0 bridgehead atoms. The van der Waals surface area contributed by atoms with Crippen LogP contribution in [-0.2, 0) is 17.8 Å². The quantitative estimate of drug-likeness (QED) is 0.945. The van der Waals surface area contributed by atoms with E-state index in [0.29, 0.717) is 23.7 Å². The minimum absolute atomic E-state index is 0.0167. The first-order valence-corrected chi connectivity index (χ1v) is 7.32. The number of rotatable bonds is 3. The predicted octanol–water partition coefficient (Wildman–Crippen LogP) is 3.21. The molecule has 0 fully saturated rings. The van der Waals surface area contributed by atoms with E-state index in [4.69, 9.17) is 16.3 Å². The molecular formula is C17H16ClNO2. The standard InChI is InChI=1S/C17H16ClNO2/c18-15-7-3-6-13(8-15)17(20)19-10-16-9-12-4-1-2-5-14(12)11-21-16/h1-8,16H,9-11H2,(H,19,20). The van der Waals surface area contributed by atoms with Crippen LogP contribution >= 0.6 is 11.6 Å². The normalized spacial score (nSPS) is 17.1. The topological polar surface area (TPSA) is 38.3 Å². The number of amides is 1. The lowest BCUT2D eigenvalue weighted by atomic mass is 9.99. The van der Waals surface area contributed by atoms with E-state index in [1.54, 1.807) is 24.3 Å². The molecule has 1 aliphatic heterocycles. The molecule has 0 aliphatic carbocycles. The third-order valence-electron chi connectivity index (χ3n) is 3.62. The fourth-order valence-corrected chi connectivity index (χ4v) is 2.67. The highest BCUT2D eigenvalue weighted by atomic mass is 35.5. The van der Waals surface area contributed by atoms with Gasteiger partial charge in [-0.25, -0.2) is 0 Å². The molecule has 1 atom stereocenters. The van der Waals surface area contributed by atoms with Crippen LogP contribution in [0.5, 0.6) is 0 Å². The van der Waals surface area contributed by atoms with E-state index in [1.807, 2.05) is 12.1 Å². The first-order valence-electron chi connectivity index (χ1n) is 6.94. The number of benzene rings is 2. The fourth-order valence-electron chi connectivity index (χ4n) is 2.48. The van der Waals surface area contributed by atoms with Crippen molar-refractivity contribution < 1.29 is 9.53 Å². The van der Waals surface area contributed by atoms with Crippen LogP contribution in [0, 0.1) is 0 Å². The summed E-state index contributed by atoms with van der Waals surface area (Å²) in [5, 5.41) is 3.46. The van der Waals surface area contributed by atoms with E-state index < -0.39 is 0 Å². The number of fused-ring (bicyclic) bond motifs is 1. The molecule has 2 aromatic rings. The van der Waals surface area contributed by atoms with Crippen LogP contribution < -0.4 is 5.32 Å². The van der Waals surface area contributed by atoms with E-state index in [0.717, 1.165) is 6.42 Å². The van der Waals surface area contributed by atoms with Crippen molar-refractivity contribution in [3.05, 3.63) is 70.2 Å². The van der Waals surface area contributed by atoms with Crippen molar-refractivity contribution >= 4 is 17.5 Å². The summed E-state index contributed by atoms with van der Waals surface area (Å²) in [5.41, 5.74) is 3.10. The van der Waals surface area contributed by atoms with Crippen molar-refractivity contribution in [3.63, 3.8) is 0 Å². The monoisotopic (exact) mass is 301 g/mol. The van der Waals surface area contributed by atoms with Crippen LogP contribution in [0.2, 0.25) is 5.02 Å². The molecule has 1 amide bonds. The number of nitrogens with one attached hydrogen (secondary N) is 1. The molecule has 0 radical (unpaired) electrons. The molecule has 21 heavy (non-hydrogen) atoms. The van der Waals surface area contributed by atoms with Gasteiger partial charge in [-0.1, -0.05) is 41.9 Å². The molecule has 1 N–H and O–H groups in total. The van der Waals surface area contributed by atoms with Crippen LogP contribution in [0.4, 0.5) is 0 Å². The number of hydrogen-bond acceptors (Lipinski definition) is 2. The van der Waals surface area contributed by atoms with Gasteiger partial charge in [0.1, 0.15) is 0 Å². The highest BCUT2D eigenvalue weighted by molar-refractivity contribution is 6.30. The van der Waals surface area contributed by atoms with E-state index in [-0.39, 0.29) is 12.0 Å². The van der Waals surface area contributed by atoms with Crippen molar-refractivity contribution in [2.45, 2.75) is 19.1 Å². The van der Waals surface area contributed by atoms with Crippen molar-refractivity contribution in [2.24, 2.45) is 0 Å². The molecular weight excluding hydrogens is 286 g/mol. The second-order valence-electron chi connectivity index (χ2n) is 5.13. The Morgan fingerprint density at radius 1 is 1.19 bits per heavy atom. The average Bonchev–Trinajstić information content (AvgIpc) is 2.52. The molecule has 1 unspecified atom stereocenters. The summed E-state index contributed by atoms with van der Waals surface area (Å²) in [6, 6.07) is 15.2. The molecule has 1 aliphatic rings. The zero-order valence-electron chi connectivity index (χ0n) is 11.5. The van der Waals surface area contributed by atoms with Gasteiger partial charge in [0.05, 0.1) is 12.7 Å². The van der Waals surface area contributed by atoms with Crippen molar-refractivity contribution in [2.75, 3.05) is 6.54 Å². The molecule has 108 valence electrons. The highest BCUT2D eigenvalue weighted by Crippen LogP contribution is 2.20. The molecule has 3 nitrogen and oxygen atoms in total. The third-order valence-corrected chi connectivity index (χ3v) is 3.85. The van der Waals surface area contributed by atoms with Gasteiger partial charge in [-0.2, -0.15) is 0 Å². The van der Waals surface area contributed by atoms with E-state index >= 15 is 0 Å². The molecule has 0 aromatic heterocycles. The molecule has 3 rings (SSSR count). The average molecular weight is 302 g/mol. The van der Waals surface area contributed by atoms with Gasteiger partial charge in [0.2, 0.25) is 0 Å². The number of ether oxygens (including phenoxy) is 1. The van der Waals surface area contributed by atoms with Gasteiger partial charge in [-0.3, -0.25) is 4.79 Å². The first-order chi connectivity index (χ1) is 10.2. The Kier molecular flexibility index (Phi) is 4.23. The number of carbonyl (C=O) groups is 1.